The van der Waals surface area contributed by atoms with Crippen molar-refractivity contribution < 1.29 is 4.79 Å². The molecular formula is C7H9N3O3. The summed E-state index contributed by atoms with van der Waals surface area (Å²) in [5, 5.41) is 2.32. The fourth-order valence-electron chi connectivity index (χ4n) is 0.825. The first-order valence-electron chi connectivity index (χ1n) is 3.64. The third-order valence-corrected chi connectivity index (χ3v) is 1.52. The molecule has 0 aliphatic rings. The number of nitrogens with one attached hydrogen (secondary N) is 2. The number of carbonyl (C=O) groups excluding carboxylic acids is 1. The van der Waals surface area contributed by atoms with Crippen LogP contribution in [0.1, 0.15) is 0 Å². The van der Waals surface area contributed by atoms with Crippen LogP contribution in [0.3, 0.4) is 0 Å². The molecule has 13 heavy (non-hydrogen) atoms. The Balaban J connectivity index is 3.08. The average molecular weight is 183 g/mol. The van der Waals surface area contributed by atoms with Crippen LogP contribution in [0.25, 0.3) is 0 Å². The molecule has 0 atom stereocenters. The lowest BCUT2D eigenvalue weighted by Crippen LogP contribution is -2.39. The van der Waals surface area contributed by atoms with Crippen LogP contribution in [-0.2, 0) is 11.3 Å². The summed E-state index contributed by atoms with van der Waals surface area (Å²) in [5.41, 5.74) is -1.08. The highest BCUT2D eigenvalue weighted by Gasteiger charge is 2.04. The molecule has 1 aromatic heterocycles. The maximum atomic E-state index is 11.1. The van der Waals surface area contributed by atoms with E-state index in [-0.39, 0.29) is 12.5 Å². The van der Waals surface area contributed by atoms with E-state index in [9.17, 15) is 14.4 Å². The van der Waals surface area contributed by atoms with Crippen molar-refractivity contribution in [2.75, 3.05) is 7.05 Å². The van der Waals surface area contributed by atoms with E-state index < -0.39 is 11.2 Å². The maximum Gasteiger partial charge on any atom is 0.328 e. The smallest absolute Gasteiger partial charge is 0.328 e. The monoisotopic (exact) mass is 183 g/mol. The van der Waals surface area contributed by atoms with Gasteiger partial charge in [0.15, 0.2) is 0 Å². The van der Waals surface area contributed by atoms with Gasteiger partial charge in [0.25, 0.3) is 5.56 Å². The molecule has 6 heteroatoms. The molecule has 0 radical (unpaired) electrons. The Kier molecular flexibility index (Phi) is 2.63. The van der Waals surface area contributed by atoms with E-state index >= 15 is 0 Å². The Labute approximate surface area is 73.2 Å². The molecule has 2 N–H and O–H groups in total. The van der Waals surface area contributed by atoms with Gasteiger partial charge in [-0.05, 0) is 0 Å². The molecule has 1 rings (SSSR count). The fraction of sp³-hybridized carbons (Fsp3) is 0.286. The van der Waals surface area contributed by atoms with E-state index in [2.05, 4.69) is 10.3 Å². The van der Waals surface area contributed by atoms with Crippen molar-refractivity contribution in [2.45, 2.75) is 6.54 Å². The number of aromatic nitrogens is 2. The van der Waals surface area contributed by atoms with Gasteiger partial charge in [0.05, 0.1) is 0 Å². The normalized spacial score (nSPS) is 9.62. The average Bonchev–Trinajstić information content (AvgIpc) is 2.11. The minimum absolute atomic E-state index is 0.258. The van der Waals surface area contributed by atoms with Crippen LogP contribution in [0.15, 0.2) is 21.9 Å². The number of aromatic amines is 1. The van der Waals surface area contributed by atoms with E-state index in [1.54, 1.807) is 0 Å². The summed E-state index contributed by atoms with van der Waals surface area (Å²) in [6.45, 7) is -0.258. The first-order valence-corrected chi connectivity index (χ1v) is 3.64. The van der Waals surface area contributed by atoms with Crippen LogP contribution >= 0.6 is 0 Å². The first kappa shape index (κ1) is 9.24. The molecule has 0 aliphatic heterocycles. The molecule has 0 spiro atoms. The van der Waals surface area contributed by atoms with Gasteiger partial charge in [0.1, 0.15) is 6.54 Å². The van der Waals surface area contributed by atoms with Crippen LogP contribution in [-0.4, -0.2) is 22.5 Å². The topological polar surface area (TPSA) is 84.0 Å². The van der Waals surface area contributed by atoms with Gasteiger partial charge in [-0.2, -0.15) is 0 Å². The molecule has 0 bridgehead atoms. The standard InChI is InChI=1S/C7H9N3O3/c1-8-5(11)4-10-6(12)2-3-9-7(10)13/h2-3H,4H2,1H3,(H,8,11)(H,9,13). The Morgan fingerprint density at radius 1 is 1.62 bits per heavy atom. The van der Waals surface area contributed by atoms with Crippen molar-refractivity contribution in [3.8, 4) is 0 Å². The molecule has 70 valence electrons. The number of amides is 1. The Bertz CT molecular complexity index is 389. The van der Waals surface area contributed by atoms with Gasteiger partial charge in [0.2, 0.25) is 5.91 Å². The molecule has 0 fully saturated rings. The van der Waals surface area contributed by atoms with Crippen molar-refractivity contribution in [1.82, 2.24) is 14.9 Å². The minimum Gasteiger partial charge on any atom is -0.358 e. The lowest BCUT2D eigenvalue weighted by molar-refractivity contribution is -0.121. The number of carbonyl (C=O) groups is 1. The van der Waals surface area contributed by atoms with E-state index in [0.717, 1.165) is 4.57 Å². The van der Waals surface area contributed by atoms with Crippen LogP contribution in [0.4, 0.5) is 0 Å². The zero-order valence-corrected chi connectivity index (χ0v) is 7.03. The van der Waals surface area contributed by atoms with Gasteiger partial charge >= 0.3 is 5.69 Å². The van der Waals surface area contributed by atoms with Crippen molar-refractivity contribution in [3.05, 3.63) is 33.1 Å². The summed E-state index contributed by atoms with van der Waals surface area (Å²) in [4.78, 5) is 35.2. The predicted molar refractivity (Wildman–Crippen MR) is 45.4 cm³/mol. The van der Waals surface area contributed by atoms with E-state index in [1.165, 1.54) is 19.3 Å². The van der Waals surface area contributed by atoms with Gasteiger partial charge in [0, 0.05) is 19.3 Å². The number of hydrogen-bond donors (Lipinski definition) is 2. The zero-order chi connectivity index (χ0) is 9.84. The minimum atomic E-state index is -0.587. The van der Waals surface area contributed by atoms with Crippen molar-refractivity contribution in [3.63, 3.8) is 0 Å². The van der Waals surface area contributed by atoms with Gasteiger partial charge in [-0.15, -0.1) is 0 Å². The fourth-order valence-corrected chi connectivity index (χ4v) is 0.825. The second-order valence-corrected chi connectivity index (χ2v) is 2.38. The highest BCUT2D eigenvalue weighted by molar-refractivity contribution is 5.75. The summed E-state index contributed by atoms with van der Waals surface area (Å²) in [6, 6.07) is 1.18. The molecule has 1 heterocycles. The maximum absolute atomic E-state index is 11.1. The highest BCUT2D eigenvalue weighted by Crippen LogP contribution is 1.71. The number of H-pyrrole nitrogens is 1. The molecular weight excluding hydrogens is 174 g/mol. The van der Waals surface area contributed by atoms with Crippen LogP contribution in [0, 0.1) is 0 Å². The molecule has 0 saturated carbocycles. The van der Waals surface area contributed by atoms with E-state index in [4.69, 9.17) is 0 Å². The van der Waals surface area contributed by atoms with Gasteiger partial charge in [-0.25, -0.2) is 4.79 Å². The second-order valence-electron chi connectivity index (χ2n) is 2.38. The van der Waals surface area contributed by atoms with Crippen molar-refractivity contribution in [1.29, 1.82) is 0 Å². The molecule has 0 aromatic carbocycles. The Morgan fingerprint density at radius 3 is 2.85 bits per heavy atom. The lowest BCUT2D eigenvalue weighted by atomic mass is 10.5. The number of rotatable bonds is 2. The molecule has 1 aromatic rings. The zero-order valence-electron chi connectivity index (χ0n) is 7.03. The highest BCUT2D eigenvalue weighted by atomic mass is 16.2. The van der Waals surface area contributed by atoms with Crippen molar-refractivity contribution in [2.24, 2.45) is 0 Å². The summed E-state index contributed by atoms with van der Waals surface area (Å²) >= 11 is 0. The summed E-state index contributed by atoms with van der Waals surface area (Å²) < 4.78 is 0.818. The second kappa shape index (κ2) is 3.70. The molecule has 0 aliphatic carbocycles. The predicted octanol–water partition coefficient (Wildman–Crippen LogP) is -1.72. The number of hydrogen-bond acceptors (Lipinski definition) is 3. The molecule has 1 amide bonds. The van der Waals surface area contributed by atoms with E-state index in [1.807, 2.05) is 0 Å². The summed E-state index contributed by atoms with van der Waals surface area (Å²) in [5.74, 6) is -0.390. The Morgan fingerprint density at radius 2 is 2.31 bits per heavy atom. The van der Waals surface area contributed by atoms with Crippen LogP contribution in [0.2, 0.25) is 0 Å². The van der Waals surface area contributed by atoms with Gasteiger partial charge < -0.3 is 10.3 Å². The number of nitrogens with zero attached hydrogens (tertiary/aromatic N) is 1. The summed E-state index contributed by atoms with van der Waals surface area (Å²) in [7, 11) is 1.44. The number of likely N-dealkylation sites (N-methyl/N-ethyl adjacent to an activating group) is 1. The third kappa shape index (κ3) is 2.05. The molecule has 6 nitrogen and oxygen atoms in total. The molecule has 0 unspecified atom stereocenters. The SMILES string of the molecule is CNC(=O)Cn1c(=O)cc[nH]c1=O. The van der Waals surface area contributed by atoms with Gasteiger partial charge in [-0.1, -0.05) is 0 Å². The van der Waals surface area contributed by atoms with E-state index in [0.29, 0.717) is 0 Å². The van der Waals surface area contributed by atoms with Crippen LogP contribution in [0.5, 0.6) is 0 Å². The molecule has 0 saturated heterocycles. The largest absolute Gasteiger partial charge is 0.358 e. The van der Waals surface area contributed by atoms with Gasteiger partial charge in [-0.3, -0.25) is 14.2 Å². The first-order chi connectivity index (χ1) is 6.15. The third-order valence-electron chi connectivity index (χ3n) is 1.52. The van der Waals surface area contributed by atoms with Crippen LogP contribution < -0.4 is 16.6 Å². The Hall–Kier alpha value is -1.85. The van der Waals surface area contributed by atoms with Crippen molar-refractivity contribution >= 4 is 5.91 Å². The lowest BCUT2D eigenvalue weighted by Gasteiger charge is -2.01. The summed E-state index contributed by atoms with van der Waals surface area (Å²) in [6.07, 6.45) is 1.24. The quantitative estimate of drug-likeness (QED) is 0.572.